The van der Waals surface area contributed by atoms with Crippen molar-refractivity contribution in [1.82, 2.24) is 5.32 Å². The van der Waals surface area contributed by atoms with Gasteiger partial charge < -0.3 is 33.2 Å². The van der Waals surface area contributed by atoms with Gasteiger partial charge in [0.1, 0.15) is 12.2 Å². The Morgan fingerprint density at radius 3 is 1.80 bits per heavy atom. The van der Waals surface area contributed by atoms with E-state index < -0.39 is 66.3 Å². The van der Waals surface area contributed by atoms with Gasteiger partial charge in [-0.15, -0.1) is 0 Å². The fraction of sp³-hybridized carbons (Fsp3) is 0.784. The zero-order valence-electron chi connectivity index (χ0n) is 34.3. The number of methoxy groups -OCH3 is 1. The van der Waals surface area contributed by atoms with Crippen molar-refractivity contribution in [1.29, 1.82) is 0 Å². The SMILES string of the molecule is COC(=O)[C@@]1(Sc2ccc(C)cc2)C[C@H](O[Si](C)(C)C(C)(C)C)[C@@H](NC(C)=O)[C@H]([C@H](O[Si](C)(C)C(C)(C)C)[C@@H](CO)O[Si](C)(C)C(C)(C)C)O1. The molecule has 288 valence electrons. The smallest absolute Gasteiger partial charge is 0.349 e. The first kappa shape index (κ1) is 45.1. The number of hydrogen-bond acceptors (Lipinski definition) is 9. The van der Waals surface area contributed by atoms with Gasteiger partial charge in [-0.3, -0.25) is 4.79 Å². The van der Waals surface area contributed by atoms with Crippen molar-refractivity contribution in [2.45, 2.75) is 177 Å². The number of aryl methyl sites for hydroxylation is 1. The molecule has 1 aliphatic rings. The topological polar surface area (TPSA) is 113 Å². The first-order valence-corrected chi connectivity index (χ1v) is 27.4. The number of esters is 1. The van der Waals surface area contributed by atoms with Gasteiger partial charge in [0.15, 0.2) is 25.0 Å². The van der Waals surface area contributed by atoms with Crippen molar-refractivity contribution in [3.05, 3.63) is 29.8 Å². The van der Waals surface area contributed by atoms with Gasteiger partial charge in [0.2, 0.25) is 10.8 Å². The molecular formula is C37H69NO8SSi3. The molecule has 0 saturated carbocycles. The van der Waals surface area contributed by atoms with E-state index in [2.05, 4.69) is 107 Å². The van der Waals surface area contributed by atoms with Crippen molar-refractivity contribution < 1.29 is 37.4 Å². The normalized spacial score (nSPS) is 24.0. The highest BCUT2D eigenvalue weighted by Crippen LogP contribution is 2.49. The van der Waals surface area contributed by atoms with E-state index in [1.54, 1.807) is 0 Å². The summed E-state index contributed by atoms with van der Waals surface area (Å²) in [7, 11) is -6.24. The molecule has 6 atom stereocenters. The van der Waals surface area contributed by atoms with E-state index in [9.17, 15) is 14.7 Å². The van der Waals surface area contributed by atoms with Crippen molar-refractivity contribution in [3.8, 4) is 0 Å². The number of carbonyl (C=O) groups is 2. The quantitative estimate of drug-likeness (QED) is 0.151. The lowest BCUT2D eigenvalue weighted by atomic mass is 9.89. The number of rotatable bonds is 13. The number of hydrogen-bond donors (Lipinski definition) is 2. The van der Waals surface area contributed by atoms with Crippen LogP contribution in [0.4, 0.5) is 0 Å². The number of carbonyl (C=O) groups excluding carboxylic acids is 2. The average Bonchev–Trinajstić information content (AvgIpc) is 2.94. The molecule has 0 unspecified atom stereocenters. The van der Waals surface area contributed by atoms with Crippen LogP contribution < -0.4 is 5.32 Å². The molecule has 50 heavy (non-hydrogen) atoms. The lowest BCUT2D eigenvalue weighted by Gasteiger charge is -2.54. The molecule has 1 aliphatic heterocycles. The average molecular weight is 772 g/mol. The Balaban J connectivity index is 3.02. The Kier molecular flexibility index (Phi) is 14.6. The fourth-order valence-electron chi connectivity index (χ4n) is 5.12. The maximum absolute atomic E-state index is 14.2. The van der Waals surface area contributed by atoms with Crippen LogP contribution >= 0.6 is 11.8 Å². The number of nitrogens with one attached hydrogen (secondary N) is 1. The highest BCUT2D eigenvalue weighted by atomic mass is 32.2. The third-order valence-electron chi connectivity index (χ3n) is 11.3. The van der Waals surface area contributed by atoms with Crippen molar-refractivity contribution >= 4 is 48.6 Å². The highest BCUT2D eigenvalue weighted by Gasteiger charge is 2.60. The zero-order valence-corrected chi connectivity index (χ0v) is 38.1. The minimum atomic E-state index is -2.61. The molecule has 2 rings (SSSR count). The summed E-state index contributed by atoms with van der Waals surface area (Å²) in [5.74, 6) is -0.823. The summed E-state index contributed by atoms with van der Waals surface area (Å²) in [4.78, 5) is 26.6. The molecule has 0 aliphatic carbocycles. The van der Waals surface area contributed by atoms with Crippen molar-refractivity contribution in [2.75, 3.05) is 13.7 Å². The fourth-order valence-corrected chi connectivity index (χ4v) is 10.3. The molecule has 1 saturated heterocycles. The number of amides is 1. The molecule has 9 nitrogen and oxygen atoms in total. The maximum Gasteiger partial charge on any atom is 0.349 e. The van der Waals surface area contributed by atoms with Gasteiger partial charge >= 0.3 is 5.97 Å². The van der Waals surface area contributed by atoms with Gasteiger partial charge in [-0.2, -0.15) is 0 Å². The second-order valence-corrected chi connectivity index (χ2v) is 34.1. The second kappa shape index (κ2) is 16.1. The van der Waals surface area contributed by atoms with Crippen LogP contribution in [0.25, 0.3) is 0 Å². The summed E-state index contributed by atoms with van der Waals surface area (Å²) in [5, 5.41) is 13.8. The molecule has 1 aromatic rings. The molecule has 13 heteroatoms. The summed E-state index contributed by atoms with van der Waals surface area (Å²) in [5.41, 5.74) is 1.09. The van der Waals surface area contributed by atoms with Crippen LogP contribution in [0.2, 0.25) is 54.4 Å². The van der Waals surface area contributed by atoms with E-state index >= 15 is 0 Å². The summed E-state index contributed by atoms with van der Waals surface area (Å²) < 4.78 is 34.1. The van der Waals surface area contributed by atoms with Crippen LogP contribution in [0.5, 0.6) is 0 Å². The first-order chi connectivity index (χ1) is 22.4. The Hall–Kier alpha value is -1.04. The van der Waals surface area contributed by atoms with Gasteiger partial charge in [0.25, 0.3) is 0 Å². The molecule has 1 heterocycles. The maximum atomic E-state index is 14.2. The Morgan fingerprint density at radius 2 is 1.38 bits per heavy atom. The molecule has 0 bridgehead atoms. The predicted octanol–water partition coefficient (Wildman–Crippen LogP) is 8.41. The van der Waals surface area contributed by atoms with Gasteiger partial charge in [-0.1, -0.05) is 91.8 Å². The van der Waals surface area contributed by atoms with Crippen LogP contribution in [0.3, 0.4) is 0 Å². The number of aliphatic hydroxyl groups excluding tert-OH is 1. The van der Waals surface area contributed by atoms with Gasteiger partial charge in [-0.05, 0) is 73.5 Å². The lowest BCUT2D eigenvalue weighted by molar-refractivity contribution is -0.202. The van der Waals surface area contributed by atoms with Crippen LogP contribution in [-0.4, -0.2) is 91.0 Å². The molecule has 0 aromatic heterocycles. The molecule has 0 radical (unpaired) electrons. The van der Waals surface area contributed by atoms with Crippen molar-refractivity contribution in [2.24, 2.45) is 0 Å². The van der Waals surface area contributed by atoms with Gasteiger partial charge in [0.05, 0.1) is 32.0 Å². The molecule has 1 aromatic carbocycles. The first-order valence-electron chi connectivity index (χ1n) is 17.9. The largest absolute Gasteiger partial charge is 0.466 e. The predicted molar refractivity (Wildman–Crippen MR) is 212 cm³/mol. The summed E-state index contributed by atoms with van der Waals surface area (Å²) in [6, 6.07) is 7.19. The number of benzene rings is 1. The molecule has 1 amide bonds. The van der Waals surface area contributed by atoms with E-state index in [-0.39, 0.29) is 34.0 Å². The van der Waals surface area contributed by atoms with Crippen LogP contribution in [-0.2, 0) is 32.3 Å². The van der Waals surface area contributed by atoms with E-state index in [1.165, 1.54) is 25.8 Å². The monoisotopic (exact) mass is 771 g/mol. The summed E-state index contributed by atoms with van der Waals surface area (Å²) in [6.07, 6.45) is -3.20. The van der Waals surface area contributed by atoms with Gasteiger partial charge in [0, 0.05) is 18.2 Å². The Labute approximate surface area is 311 Å². The number of ether oxygens (including phenoxy) is 2. The van der Waals surface area contributed by atoms with Crippen molar-refractivity contribution in [3.63, 3.8) is 0 Å². The highest BCUT2D eigenvalue weighted by molar-refractivity contribution is 8.01. The molecular weight excluding hydrogens is 703 g/mol. The van der Waals surface area contributed by atoms with E-state index in [1.807, 2.05) is 31.2 Å². The number of aliphatic hydroxyl groups is 1. The van der Waals surface area contributed by atoms with Crippen LogP contribution in [0, 0.1) is 6.92 Å². The van der Waals surface area contributed by atoms with Crippen LogP contribution in [0.15, 0.2) is 29.2 Å². The summed E-state index contributed by atoms with van der Waals surface area (Å²) >= 11 is 1.28. The minimum absolute atomic E-state index is 0.117. The number of thioether (sulfide) groups is 1. The molecule has 2 N–H and O–H groups in total. The van der Waals surface area contributed by atoms with Gasteiger partial charge in [-0.25, -0.2) is 4.79 Å². The Morgan fingerprint density at radius 1 is 0.900 bits per heavy atom. The second-order valence-electron chi connectivity index (χ2n) is 18.5. The van der Waals surface area contributed by atoms with E-state index in [0.29, 0.717) is 0 Å². The minimum Gasteiger partial charge on any atom is -0.466 e. The van der Waals surface area contributed by atoms with Crippen LogP contribution in [0.1, 0.15) is 81.2 Å². The summed E-state index contributed by atoms with van der Waals surface area (Å²) in [6.45, 7) is 35.4. The molecule has 1 fully saturated rings. The lowest BCUT2D eigenvalue weighted by Crippen LogP contribution is -2.70. The zero-order chi connectivity index (χ0) is 38.9. The Bertz CT molecular complexity index is 1300. The third-order valence-corrected chi connectivity index (χ3v) is 26.1. The van der Waals surface area contributed by atoms with E-state index in [4.69, 9.17) is 22.8 Å². The third kappa shape index (κ3) is 10.8. The van der Waals surface area contributed by atoms with E-state index in [0.717, 1.165) is 10.5 Å². The standard InChI is InChI=1S/C37H69NO8SSi3/c1-25-19-21-27(22-20-25)47-37(33(41)42-12)23-28(44-48(13,14)34(3,4)5)30(38-26(2)40)32(43-37)31(46-50(17,18)36(9,10)11)29(24-39)45-49(15,16)35(6,7)8/h19-22,28-32,39H,23-24H2,1-18H3,(H,38,40)/t28-,29+,30+,31+,32+,37-/m0/s1. The molecule has 0 spiro atoms.